The number of H-pyrrole nitrogens is 1. The Morgan fingerprint density at radius 1 is 1.50 bits per heavy atom. The van der Waals surface area contributed by atoms with Gasteiger partial charge in [0.1, 0.15) is 11.3 Å². The largest absolute Gasteiger partial charge is 0.318 e. The molecule has 3 rings (SSSR count). The summed E-state index contributed by atoms with van der Waals surface area (Å²) >= 11 is 3.36. The van der Waals surface area contributed by atoms with Gasteiger partial charge in [-0.3, -0.25) is 9.89 Å². The highest BCUT2D eigenvalue weighted by Gasteiger charge is 2.11. The fourth-order valence-electron chi connectivity index (χ4n) is 1.58. The Balaban J connectivity index is 1.92. The number of carbonyl (C=O) groups excluding carboxylic acids is 1. The van der Waals surface area contributed by atoms with Gasteiger partial charge in [-0.1, -0.05) is 15.9 Å². The molecular weight excluding hydrogens is 298 g/mol. The molecule has 18 heavy (non-hydrogen) atoms. The predicted molar refractivity (Wildman–Crippen MR) is 69.4 cm³/mol. The molecule has 0 saturated carbocycles. The number of aromatic nitrogens is 4. The number of hydrogen-bond donors (Lipinski definition) is 2. The van der Waals surface area contributed by atoms with Crippen molar-refractivity contribution in [2.45, 2.75) is 0 Å². The molecule has 0 bridgehead atoms. The van der Waals surface area contributed by atoms with E-state index in [1.807, 2.05) is 18.3 Å². The molecule has 0 saturated heterocycles. The first-order valence-electron chi connectivity index (χ1n) is 5.17. The first-order chi connectivity index (χ1) is 8.72. The Morgan fingerprint density at radius 2 is 2.39 bits per heavy atom. The minimum Gasteiger partial charge on any atom is -0.318 e. The second-order valence-electron chi connectivity index (χ2n) is 3.68. The van der Waals surface area contributed by atoms with Crippen LogP contribution in [0, 0.1) is 0 Å². The zero-order chi connectivity index (χ0) is 12.5. The van der Waals surface area contributed by atoms with Gasteiger partial charge in [0.25, 0.3) is 5.91 Å². The molecule has 0 unspecified atom stereocenters. The number of amides is 1. The van der Waals surface area contributed by atoms with Crippen LogP contribution in [0.25, 0.3) is 5.65 Å². The van der Waals surface area contributed by atoms with Gasteiger partial charge in [-0.15, -0.1) is 0 Å². The Bertz CT molecular complexity index is 703. The molecule has 1 amide bonds. The van der Waals surface area contributed by atoms with Crippen LogP contribution >= 0.6 is 15.9 Å². The summed E-state index contributed by atoms with van der Waals surface area (Å²) in [4.78, 5) is 16.2. The van der Waals surface area contributed by atoms with Crippen LogP contribution < -0.4 is 5.32 Å². The minimum absolute atomic E-state index is 0.267. The van der Waals surface area contributed by atoms with Gasteiger partial charge in [0.05, 0.1) is 11.9 Å². The van der Waals surface area contributed by atoms with Crippen LogP contribution in [0.4, 0.5) is 5.69 Å². The van der Waals surface area contributed by atoms with Crippen LogP contribution in [0.3, 0.4) is 0 Å². The fourth-order valence-corrected chi connectivity index (χ4v) is 1.90. The van der Waals surface area contributed by atoms with Crippen LogP contribution in [0.1, 0.15) is 10.5 Å². The molecule has 0 spiro atoms. The number of halogens is 1. The third-order valence-electron chi connectivity index (χ3n) is 2.41. The van der Waals surface area contributed by atoms with Crippen molar-refractivity contribution < 1.29 is 4.79 Å². The molecule has 3 aromatic heterocycles. The average Bonchev–Trinajstić information content (AvgIpc) is 2.96. The van der Waals surface area contributed by atoms with E-state index < -0.39 is 0 Å². The lowest BCUT2D eigenvalue weighted by atomic mass is 10.4. The summed E-state index contributed by atoms with van der Waals surface area (Å²) < 4.78 is 2.71. The van der Waals surface area contributed by atoms with Crippen molar-refractivity contribution in [3.05, 3.63) is 47.1 Å². The normalized spacial score (nSPS) is 10.7. The summed E-state index contributed by atoms with van der Waals surface area (Å²) in [7, 11) is 0. The van der Waals surface area contributed by atoms with E-state index in [1.165, 1.54) is 6.20 Å². The molecule has 0 aliphatic carbocycles. The number of anilines is 1. The molecule has 7 heteroatoms. The lowest BCUT2D eigenvalue weighted by Crippen LogP contribution is -2.11. The molecule has 0 atom stereocenters. The van der Waals surface area contributed by atoms with Crippen LogP contribution in [0.15, 0.2) is 41.4 Å². The average molecular weight is 306 g/mol. The van der Waals surface area contributed by atoms with E-state index in [-0.39, 0.29) is 5.91 Å². The maximum atomic E-state index is 11.9. The van der Waals surface area contributed by atoms with Gasteiger partial charge in [0.2, 0.25) is 0 Å². The van der Waals surface area contributed by atoms with Crippen LogP contribution in [-0.4, -0.2) is 25.5 Å². The number of pyridine rings is 1. The van der Waals surface area contributed by atoms with Crippen LogP contribution in [-0.2, 0) is 0 Å². The molecule has 0 radical (unpaired) electrons. The standard InChI is InChI=1S/C11H8BrN5O/c12-7-1-2-17-6-9(16-10(17)3-7)11(18)15-8-4-13-14-5-8/h1-6H,(H,13,14)(H,15,18). The second kappa shape index (κ2) is 4.26. The summed E-state index contributed by atoms with van der Waals surface area (Å²) in [5.74, 6) is -0.267. The van der Waals surface area contributed by atoms with Gasteiger partial charge < -0.3 is 9.72 Å². The number of nitrogens with one attached hydrogen (secondary N) is 2. The summed E-state index contributed by atoms with van der Waals surface area (Å²) in [6, 6.07) is 3.72. The van der Waals surface area contributed by atoms with Crippen molar-refractivity contribution in [2.24, 2.45) is 0 Å². The molecule has 6 nitrogen and oxygen atoms in total. The highest BCUT2D eigenvalue weighted by molar-refractivity contribution is 9.10. The molecule has 3 heterocycles. The van der Waals surface area contributed by atoms with Crippen molar-refractivity contribution in [2.75, 3.05) is 5.32 Å². The number of hydrogen-bond acceptors (Lipinski definition) is 3. The molecule has 0 aliphatic heterocycles. The van der Waals surface area contributed by atoms with Gasteiger partial charge in [0, 0.05) is 23.1 Å². The van der Waals surface area contributed by atoms with Gasteiger partial charge in [-0.05, 0) is 12.1 Å². The topological polar surface area (TPSA) is 75.1 Å². The molecule has 2 N–H and O–H groups in total. The number of rotatable bonds is 2. The molecular formula is C11H8BrN5O. The van der Waals surface area contributed by atoms with E-state index in [2.05, 4.69) is 36.4 Å². The Morgan fingerprint density at radius 3 is 3.17 bits per heavy atom. The van der Waals surface area contributed by atoms with Gasteiger partial charge in [-0.25, -0.2) is 4.98 Å². The minimum atomic E-state index is -0.267. The molecule has 0 fully saturated rings. The van der Waals surface area contributed by atoms with Crippen LogP contribution in [0.5, 0.6) is 0 Å². The third kappa shape index (κ3) is 2.00. The van der Waals surface area contributed by atoms with Crippen molar-refractivity contribution in [3.63, 3.8) is 0 Å². The van der Waals surface area contributed by atoms with Crippen molar-refractivity contribution in [1.29, 1.82) is 0 Å². The molecule has 0 aromatic carbocycles. The van der Waals surface area contributed by atoms with E-state index in [9.17, 15) is 4.79 Å². The van der Waals surface area contributed by atoms with E-state index in [4.69, 9.17) is 0 Å². The van der Waals surface area contributed by atoms with E-state index in [0.29, 0.717) is 17.0 Å². The lowest BCUT2D eigenvalue weighted by Gasteiger charge is -1.96. The van der Waals surface area contributed by atoms with Crippen molar-refractivity contribution in [1.82, 2.24) is 19.6 Å². The summed E-state index contributed by atoms with van der Waals surface area (Å²) in [5.41, 5.74) is 1.68. The molecule has 90 valence electrons. The third-order valence-corrected chi connectivity index (χ3v) is 2.90. The highest BCUT2D eigenvalue weighted by atomic mass is 79.9. The lowest BCUT2D eigenvalue weighted by molar-refractivity contribution is 0.102. The summed E-state index contributed by atoms with van der Waals surface area (Å²) in [6.07, 6.45) is 6.65. The zero-order valence-electron chi connectivity index (χ0n) is 9.09. The SMILES string of the molecule is O=C(Nc1cn[nH]c1)c1cn2ccc(Br)cc2n1. The summed E-state index contributed by atoms with van der Waals surface area (Å²) in [6.45, 7) is 0. The first kappa shape index (κ1) is 11.0. The van der Waals surface area contributed by atoms with E-state index >= 15 is 0 Å². The quantitative estimate of drug-likeness (QED) is 0.761. The smallest absolute Gasteiger partial charge is 0.275 e. The molecule has 0 aliphatic rings. The van der Waals surface area contributed by atoms with E-state index in [0.717, 1.165) is 4.47 Å². The predicted octanol–water partition coefficient (Wildman–Crippen LogP) is 2.07. The van der Waals surface area contributed by atoms with Gasteiger partial charge >= 0.3 is 0 Å². The zero-order valence-corrected chi connectivity index (χ0v) is 10.7. The Labute approximate surface area is 110 Å². The van der Waals surface area contributed by atoms with Gasteiger partial charge in [-0.2, -0.15) is 5.10 Å². The monoisotopic (exact) mass is 305 g/mol. The maximum absolute atomic E-state index is 11.9. The van der Waals surface area contributed by atoms with Crippen LogP contribution in [0.2, 0.25) is 0 Å². The first-order valence-corrected chi connectivity index (χ1v) is 5.96. The number of aromatic amines is 1. The van der Waals surface area contributed by atoms with Gasteiger partial charge in [0.15, 0.2) is 0 Å². The summed E-state index contributed by atoms with van der Waals surface area (Å²) in [5, 5.41) is 9.07. The van der Waals surface area contributed by atoms with Crippen molar-refractivity contribution in [3.8, 4) is 0 Å². The van der Waals surface area contributed by atoms with E-state index in [1.54, 1.807) is 16.8 Å². The molecule has 3 aromatic rings. The Kier molecular flexibility index (Phi) is 2.60. The highest BCUT2D eigenvalue weighted by Crippen LogP contribution is 2.14. The number of imidazole rings is 1. The second-order valence-corrected chi connectivity index (χ2v) is 4.59. The fraction of sp³-hybridized carbons (Fsp3) is 0. The van der Waals surface area contributed by atoms with Crippen molar-refractivity contribution >= 4 is 33.2 Å². The maximum Gasteiger partial charge on any atom is 0.275 e. The number of nitrogens with zero attached hydrogens (tertiary/aromatic N) is 3. The number of fused-ring (bicyclic) bond motifs is 1. The number of carbonyl (C=O) groups is 1. The Hall–Kier alpha value is -2.15.